The number of aliphatic carboxylic acids is 1. The number of carbonyl (C=O) groups is 1. The van der Waals surface area contributed by atoms with Crippen LogP contribution in [0.25, 0.3) is 0 Å². The number of aromatic nitrogens is 2. The maximum Gasteiger partial charge on any atom is 0.331 e. The summed E-state index contributed by atoms with van der Waals surface area (Å²) in [6.07, 6.45) is 3.57. The molecule has 19 heavy (non-hydrogen) atoms. The molecule has 1 aromatic heterocycles. The molecular weight excluding hydrogens is 363 g/mol. The van der Waals surface area contributed by atoms with E-state index in [2.05, 4.69) is 0 Å². The van der Waals surface area contributed by atoms with Crippen LogP contribution in [0.5, 0.6) is 0 Å². The normalized spacial score (nSPS) is 10.6. The van der Waals surface area contributed by atoms with Crippen LogP contribution < -0.4 is 11.2 Å². The Morgan fingerprint density at radius 3 is 2.58 bits per heavy atom. The zero-order valence-corrected chi connectivity index (χ0v) is 12.9. The van der Waals surface area contributed by atoms with Crippen LogP contribution in [-0.2, 0) is 17.9 Å². The number of aryl methyl sites for hydroxylation is 1. The van der Waals surface area contributed by atoms with E-state index in [-0.39, 0.29) is 17.7 Å². The molecule has 6 nitrogen and oxygen atoms in total. The van der Waals surface area contributed by atoms with Gasteiger partial charge in [-0.2, -0.15) is 0 Å². The van der Waals surface area contributed by atoms with Crippen LogP contribution in [-0.4, -0.2) is 20.2 Å². The molecule has 0 bridgehead atoms. The van der Waals surface area contributed by atoms with Crippen LogP contribution >= 0.6 is 22.6 Å². The SMILES string of the molecule is CCn1cc(I)c(=O)n(CCCCCC(=O)O)c1=O. The number of halogens is 1. The third kappa shape index (κ3) is 4.48. The minimum atomic E-state index is -0.820. The van der Waals surface area contributed by atoms with E-state index in [4.69, 9.17) is 5.11 Å². The van der Waals surface area contributed by atoms with E-state index in [0.29, 0.717) is 35.9 Å². The van der Waals surface area contributed by atoms with Crippen LogP contribution in [0, 0.1) is 3.57 Å². The fourth-order valence-corrected chi connectivity index (χ4v) is 2.39. The van der Waals surface area contributed by atoms with Crippen LogP contribution in [0.3, 0.4) is 0 Å². The lowest BCUT2D eigenvalue weighted by Gasteiger charge is -2.09. The Kier molecular flexibility index (Phi) is 6.26. The van der Waals surface area contributed by atoms with E-state index in [1.807, 2.05) is 29.5 Å². The monoisotopic (exact) mass is 380 g/mol. The molecule has 106 valence electrons. The highest BCUT2D eigenvalue weighted by Gasteiger charge is 2.08. The smallest absolute Gasteiger partial charge is 0.331 e. The second-order valence-corrected chi connectivity index (χ2v) is 5.37. The largest absolute Gasteiger partial charge is 0.481 e. The van der Waals surface area contributed by atoms with Gasteiger partial charge in [0.05, 0.1) is 3.57 Å². The Labute approximate surface area is 124 Å². The fraction of sp³-hybridized carbons (Fsp3) is 0.583. The second kappa shape index (κ2) is 7.46. The third-order valence-electron chi connectivity index (χ3n) is 2.81. The van der Waals surface area contributed by atoms with E-state index in [1.54, 1.807) is 6.20 Å². The minimum Gasteiger partial charge on any atom is -0.481 e. The summed E-state index contributed by atoms with van der Waals surface area (Å²) in [7, 11) is 0. The molecule has 1 aromatic rings. The van der Waals surface area contributed by atoms with Gasteiger partial charge in [0.1, 0.15) is 0 Å². The Hall–Kier alpha value is -1.12. The molecule has 0 aliphatic carbocycles. The van der Waals surface area contributed by atoms with E-state index < -0.39 is 5.97 Å². The highest BCUT2D eigenvalue weighted by Crippen LogP contribution is 2.01. The summed E-state index contributed by atoms with van der Waals surface area (Å²) in [5.74, 6) is -0.820. The zero-order chi connectivity index (χ0) is 14.4. The molecule has 0 unspecified atom stereocenters. The predicted octanol–water partition coefficient (Wildman–Crippen LogP) is 1.28. The molecule has 0 atom stereocenters. The van der Waals surface area contributed by atoms with E-state index in [1.165, 1.54) is 9.13 Å². The van der Waals surface area contributed by atoms with Crippen LogP contribution in [0.15, 0.2) is 15.8 Å². The average molecular weight is 380 g/mol. The first-order valence-corrected chi connectivity index (χ1v) is 7.26. The molecular formula is C12H17IN2O4. The Bertz CT molecular complexity index is 562. The van der Waals surface area contributed by atoms with Crippen molar-refractivity contribution >= 4 is 28.6 Å². The second-order valence-electron chi connectivity index (χ2n) is 4.21. The first kappa shape index (κ1) is 15.9. The van der Waals surface area contributed by atoms with Gasteiger partial charge in [0, 0.05) is 25.7 Å². The number of hydrogen-bond acceptors (Lipinski definition) is 3. The summed E-state index contributed by atoms with van der Waals surface area (Å²) >= 11 is 1.92. The minimum absolute atomic E-state index is 0.125. The number of nitrogens with zero attached hydrogens (tertiary/aromatic N) is 2. The predicted molar refractivity (Wildman–Crippen MR) is 79.5 cm³/mol. The average Bonchev–Trinajstić information content (AvgIpc) is 2.36. The number of unbranched alkanes of at least 4 members (excludes halogenated alkanes) is 2. The molecule has 0 saturated carbocycles. The maximum atomic E-state index is 12.0. The van der Waals surface area contributed by atoms with Crippen molar-refractivity contribution in [2.45, 2.75) is 45.7 Å². The highest BCUT2D eigenvalue weighted by molar-refractivity contribution is 14.1. The summed E-state index contributed by atoms with van der Waals surface area (Å²) in [4.78, 5) is 34.2. The molecule has 0 fully saturated rings. The van der Waals surface area contributed by atoms with Crippen molar-refractivity contribution in [2.75, 3.05) is 0 Å². The van der Waals surface area contributed by atoms with Gasteiger partial charge in [0.25, 0.3) is 5.56 Å². The summed E-state index contributed by atoms with van der Waals surface area (Å²) in [6, 6.07) is 0. The first-order chi connectivity index (χ1) is 8.97. The van der Waals surface area contributed by atoms with Gasteiger partial charge in [-0.05, 0) is 42.4 Å². The van der Waals surface area contributed by atoms with Crippen molar-refractivity contribution < 1.29 is 9.90 Å². The van der Waals surface area contributed by atoms with Gasteiger partial charge in [-0.1, -0.05) is 6.42 Å². The Morgan fingerprint density at radius 1 is 1.32 bits per heavy atom. The van der Waals surface area contributed by atoms with Crippen molar-refractivity contribution in [3.05, 3.63) is 30.6 Å². The molecule has 1 rings (SSSR count). The number of hydrogen-bond donors (Lipinski definition) is 1. The molecule has 0 aliphatic heterocycles. The molecule has 1 N–H and O–H groups in total. The Balaban J connectivity index is 2.73. The van der Waals surface area contributed by atoms with Gasteiger partial charge in [-0.3, -0.25) is 18.7 Å². The van der Waals surface area contributed by atoms with Crippen molar-refractivity contribution in [3.8, 4) is 0 Å². The molecule has 0 amide bonds. The van der Waals surface area contributed by atoms with E-state index in [9.17, 15) is 14.4 Å². The fourth-order valence-electron chi connectivity index (χ4n) is 1.76. The van der Waals surface area contributed by atoms with Gasteiger partial charge in [-0.25, -0.2) is 4.79 Å². The van der Waals surface area contributed by atoms with Gasteiger partial charge >= 0.3 is 11.7 Å². The molecule has 1 heterocycles. The van der Waals surface area contributed by atoms with Crippen LogP contribution in [0.2, 0.25) is 0 Å². The number of carboxylic acid groups (broad SMARTS) is 1. The summed E-state index contributed by atoms with van der Waals surface area (Å²) in [5, 5.41) is 8.51. The van der Waals surface area contributed by atoms with Crippen molar-refractivity contribution in [3.63, 3.8) is 0 Å². The first-order valence-electron chi connectivity index (χ1n) is 6.19. The molecule has 0 aromatic carbocycles. The summed E-state index contributed by atoms with van der Waals surface area (Å²) in [5.41, 5.74) is -0.570. The summed E-state index contributed by atoms with van der Waals surface area (Å²) < 4.78 is 3.25. The molecule has 7 heteroatoms. The quantitative estimate of drug-likeness (QED) is 0.571. The molecule has 0 aliphatic rings. The Morgan fingerprint density at radius 2 is 2.00 bits per heavy atom. The number of carboxylic acids is 1. The summed E-state index contributed by atoms with van der Waals surface area (Å²) in [6.45, 7) is 2.71. The topological polar surface area (TPSA) is 81.3 Å². The van der Waals surface area contributed by atoms with Crippen molar-refractivity contribution in [1.82, 2.24) is 9.13 Å². The van der Waals surface area contributed by atoms with Gasteiger partial charge in [-0.15, -0.1) is 0 Å². The standard InChI is InChI=1S/C12H17IN2O4/c1-2-14-8-9(13)11(18)15(12(14)19)7-5-3-4-6-10(16)17/h8H,2-7H2,1H3,(H,16,17). The lowest BCUT2D eigenvalue weighted by molar-refractivity contribution is -0.137. The van der Waals surface area contributed by atoms with Crippen molar-refractivity contribution in [1.29, 1.82) is 0 Å². The van der Waals surface area contributed by atoms with E-state index in [0.717, 1.165) is 0 Å². The van der Waals surface area contributed by atoms with Crippen LogP contribution in [0.4, 0.5) is 0 Å². The molecule has 0 spiro atoms. The van der Waals surface area contributed by atoms with Gasteiger partial charge < -0.3 is 5.11 Å². The third-order valence-corrected chi connectivity index (χ3v) is 3.55. The maximum absolute atomic E-state index is 12.0. The number of rotatable bonds is 7. The van der Waals surface area contributed by atoms with Gasteiger partial charge in [0.2, 0.25) is 0 Å². The molecule has 0 radical (unpaired) electrons. The zero-order valence-electron chi connectivity index (χ0n) is 10.8. The molecule has 0 saturated heterocycles. The highest BCUT2D eigenvalue weighted by atomic mass is 127. The van der Waals surface area contributed by atoms with Gasteiger partial charge in [0.15, 0.2) is 0 Å². The lowest BCUT2D eigenvalue weighted by atomic mass is 10.2. The van der Waals surface area contributed by atoms with Crippen molar-refractivity contribution in [2.24, 2.45) is 0 Å². The van der Waals surface area contributed by atoms with E-state index >= 15 is 0 Å². The van der Waals surface area contributed by atoms with Crippen LogP contribution in [0.1, 0.15) is 32.6 Å². The lowest BCUT2D eigenvalue weighted by Crippen LogP contribution is -2.40.